The zero-order chi connectivity index (χ0) is 20.9. The second-order valence-electron chi connectivity index (χ2n) is 6.13. The van der Waals surface area contributed by atoms with E-state index >= 15 is 0 Å². The molecule has 0 aliphatic heterocycles. The summed E-state index contributed by atoms with van der Waals surface area (Å²) < 4.78 is 15.4. The first-order chi connectivity index (χ1) is 14.1. The number of esters is 2. The Kier molecular flexibility index (Phi) is 9.21. The Morgan fingerprint density at radius 2 is 1.66 bits per heavy atom. The molecule has 0 bridgehead atoms. The molecule has 2 aromatic rings. The van der Waals surface area contributed by atoms with Crippen molar-refractivity contribution in [2.45, 2.75) is 26.4 Å². The van der Waals surface area contributed by atoms with E-state index in [2.05, 4.69) is 5.32 Å². The molecule has 0 spiro atoms. The summed E-state index contributed by atoms with van der Waals surface area (Å²) in [5.41, 5.74) is 1.26. The Bertz CT molecular complexity index is 789. The van der Waals surface area contributed by atoms with Crippen LogP contribution in [-0.4, -0.2) is 37.6 Å². The highest BCUT2D eigenvalue weighted by molar-refractivity contribution is 5.91. The lowest BCUT2D eigenvalue weighted by Crippen LogP contribution is -2.30. The van der Waals surface area contributed by atoms with Crippen molar-refractivity contribution in [3.8, 4) is 5.75 Å². The fourth-order valence-electron chi connectivity index (χ4n) is 2.38. The zero-order valence-corrected chi connectivity index (χ0v) is 16.4. The lowest BCUT2D eigenvalue weighted by atomic mass is 10.1. The molecule has 0 saturated carbocycles. The predicted molar refractivity (Wildman–Crippen MR) is 106 cm³/mol. The third kappa shape index (κ3) is 8.47. The van der Waals surface area contributed by atoms with Crippen molar-refractivity contribution in [1.82, 2.24) is 5.32 Å². The van der Waals surface area contributed by atoms with Crippen LogP contribution in [0.5, 0.6) is 5.75 Å². The lowest BCUT2D eigenvalue weighted by Gasteiger charge is -2.08. The minimum absolute atomic E-state index is 0.230. The molecule has 0 aliphatic carbocycles. The van der Waals surface area contributed by atoms with Gasteiger partial charge in [-0.1, -0.05) is 30.3 Å². The molecular weight excluding hydrogens is 374 g/mol. The maximum Gasteiger partial charge on any atom is 0.338 e. The van der Waals surface area contributed by atoms with Crippen molar-refractivity contribution in [2.24, 2.45) is 0 Å². The highest BCUT2D eigenvalue weighted by atomic mass is 16.5. The monoisotopic (exact) mass is 399 g/mol. The van der Waals surface area contributed by atoms with E-state index in [1.54, 1.807) is 31.2 Å². The van der Waals surface area contributed by atoms with Crippen molar-refractivity contribution in [3.63, 3.8) is 0 Å². The molecule has 29 heavy (non-hydrogen) atoms. The SMILES string of the molecule is CCOC(=O)CCCNC(=O)COC(=O)c1ccc(COc2ccccc2)cc1. The van der Waals surface area contributed by atoms with Crippen molar-refractivity contribution in [3.05, 3.63) is 65.7 Å². The number of benzene rings is 2. The van der Waals surface area contributed by atoms with Crippen LogP contribution in [0.15, 0.2) is 54.6 Å². The molecule has 0 unspecified atom stereocenters. The van der Waals surface area contributed by atoms with Crippen molar-refractivity contribution >= 4 is 17.8 Å². The van der Waals surface area contributed by atoms with Crippen molar-refractivity contribution < 1.29 is 28.6 Å². The zero-order valence-electron chi connectivity index (χ0n) is 16.4. The number of para-hydroxylation sites is 1. The quantitative estimate of drug-likeness (QED) is 0.462. The van der Waals surface area contributed by atoms with Crippen LogP contribution in [0.3, 0.4) is 0 Å². The number of nitrogens with one attached hydrogen (secondary N) is 1. The Morgan fingerprint density at radius 1 is 0.931 bits per heavy atom. The van der Waals surface area contributed by atoms with Gasteiger partial charge in [-0.2, -0.15) is 0 Å². The average molecular weight is 399 g/mol. The van der Waals surface area contributed by atoms with Crippen LogP contribution in [0.4, 0.5) is 0 Å². The molecule has 0 heterocycles. The van der Waals surface area contributed by atoms with Crippen molar-refractivity contribution in [1.29, 1.82) is 0 Å². The Morgan fingerprint density at radius 3 is 2.34 bits per heavy atom. The molecule has 0 aromatic heterocycles. The second-order valence-corrected chi connectivity index (χ2v) is 6.13. The molecule has 7 heteroatoms. The third-order valence-electron chi connectivity index (χ3n) is 3.86. The molecule has 0 fully saturated rings. The highest BCUT2D eigenvalue weighted by Gasteiger charge is 2.10. The van der Waals surface area contributed by atoms with Crippen LogP contribution >= 0.6 is 0 Å². The summed E-state index contributed by atoms with van der Waals surface area (Å²) in [6, 6.07) is 16.2. The van der Waals surface area contributed by atoms with Crippen LogP contribution < -0.4 is 10.1 Å². The van der Waals surface area contributed by atoms with Crippen LogP contribution in [0.2, 0.25) is 0 Å². The van der Waals surface area contributed by atoms with Gasteiger partial charge in [-0.3, -0.25) is 9.59 Å². The number of hydrogen-bond donors (Lipinski definition) is 1. The molecule has 2 rings (SSSR count). The lowest BCUT2D eigenvalue weighted by molar-refractivity contribution is -0.143. The summed E-state index contributed by atoms with van der Waals surface area (Å²) in [6.45, 7) is 2.39. The number of amides is 1. The number of carbonyl (C=O) groups excluding carboxylic acids is 3. The van der Waals surface area contributed by atoms with Gasteiger partial charge in [-0.15, -0.1) is 0 Å². The fraction of sp³-hybridized carbons (Fsp3) is 0.318. The molecule has 0 saturated heterocycles. The molecule has 7 nitrogen and oxygen atoms in total. The number of carbonyl (C=O) groups is 3. The summed E-state index contributed by atoms with van der Waals surface area (Å²) in [6.07, 6.45) is 0.694. The molecule has 0 atom stereocenters. The van der Waals surface area contributed by atoms with Gasteiger partial charge in [-0.25, -0.2) is 4.79 Å². The van der Waals surface area contributed by atoms with Crippen molar-refractivity contribution in [2.75, 3.05) is 19.8 Å². The first-order valence-electron chi connectivity index (χ1n) is 9.44. The van der Waals surface area contributed by atoms with Gasteiger partial charge >= 0.3 is 11.9 Å². The second kappa shape index (κ2) is 12.2. The first kappa shape index (κ1) is 21.9. The van der Waals surface area contributed by atoms with Gasteiger partial charge < -0.3 is 19.5 Å². The summed E-state index contributed by atoms with van der Waals surface area (Å²) in [7, 11) is 0. The van der Waals surface area contributed by atoms with E-state index in [9.17, 15) is 14.4 Å². The third-order valence-corrected chi connectivity index (χ3v) is 3.86. The molecule has 154 valence electrons. The average Bonchev–Trinajstić information content (AvgIpc) is 2.75. The van der Waals surface area contributed by atoms with E-state index in [1.165, 1.54) is 0 Å². The van der Waals surface area contributed by atoms with E-state index in [0.29, 0.717) is 31.7 Å². The first-order valence-corrected chi connectivity index (χ1v) is 9.44. The smallest absolute Gasteiger partial charge is 0.338 e. The molecule has 2 aromatic carbocycles. The Labute approximate surface area is 170 Å². The summed E-state index contributed by atoms with van der Waals surface area (Å²) in [5, 5.41) is 2.59. The minimum Gasteiger partial charge on any atom is -0.489 e. The maximum absolute atomic E-state index is 12.0. The largest absolute Gasteiger partial charge is 0.489 e. The summed E-state index contributed by atoms with van der Waals surface area (Å²) >= 11 is 0. The van der Waals surface area contributed by atoms with E-state index in [4.69, 9.17) is 14.2 Å². The molecule has 1 N–H and O–H groups in total. The van der Waals surface area contributed by atoms with E-state index in [-0.39, 0.29) is 19.0 Å². The normalized spacial score (nSPS) is 10.1. The number of rotatable bonds is 11. The minimum atomic E-state index is -0.581. The van der Waals surface area contributed by atoms with Gasteiger partial charge in [0, 0.05) is 13.0 Å². The van der Waals surface area contributed by atoms with Crippen LogP contribution in [-0.2, 0) is 25.7 Å². The van der Waals surface area contributed by atoms with E-state index < -0.39 is 11.9 Å². The van der Waals surface area contributed by atoms with Gasteiger partial charge in [-0.05, 0) is 43.2 Å². The molecular formula is C22H25NO6. The predicted octanol–water partition coefficient (Wildman–Crippen LogP) is 2.88. The Balaban J connectivity index is 1.66. The highest BCUT2D eigenvalue weighted by Crippen LogP contribution is 2.12. The van der Waals surface area contributed by atoms with Crippen LogP contribution in [0, 0.1) is 0 Å². The topological polar surface area (TPSA) is 90.9 Å². The maximum atomic E-state index is 12.0. The Hall–Kier alpha value is -3.35. The van der Waals surface area contributed by atoms with Gasteiger partial charge in [0.1, 0.15) is 12.4 Å². The summed E-state index contributed by atoms with van der Waals surface area (Å²) in [4.78, 5) is 34.9. The van der Waals surface area contributed by atoms with E-state index in [1.807, 2.05) is 30.3 Å². The summed E-state index contributed by atoms with van der Waals surface area (Å²) in [5.74, 6) is -0.535. The number of ether oxygens (including phenoxy) is 3. The van der Waals surface area contributed by atoms with E-state index in [0.717, 1.165) is 11.3 Å². The molecule has 1 amide bonds. The number of hydrogen-bond acceptors (Lipinski definition) is 6. The standard InChI is InChI=1S/C22H25NO6/c1-2-27-21(25)9-6-14-23-20(24)16-29-22(26)18-12-10-17(11-13-18)15-28-19-7-4-3-5-8-19/h3-5,7-8,10-13H,2,6,9,14-16H2,1H3,(H,23,24). The van der Waals surface area contributed by atoms with Gasteiger partial charge in [0.2, 0.25) is 0 Å². The van der Waals surface area contributed by atoms with Crippen LogP contribution in [0.25, 0.3) is 0 Å². The molecule has 0 radical (unpaired) electrons. The van der Waals surface area contributed by atoms with Gasteiger partial charge in [0.25, 0.3) is 5.91 Å². The van der Waals surface area contributed by atoms with Crippen LogP contribution in [0.1, 0.15) is 35.7 Å². The fourth-order valence-corrected chi connectivity index (χ4v) is 2.38. The van der Waals surface area contributed by atoms with Gasteiger partial charge in [0.15, 0.2) is 6.61 Å². The van der Waals surface area contributed by atoms with Gasteiger partial charge in [0.05, 0.1) is 12.2 Å². The molecule has 0 aliphatic rings.